The van der Waals surface area contributed by atoms with Gasteiger partial charge in [0.25, 0.3) is 0 Å². The average molecular weight is 276 g/mol. The predicted molar refractivity (Wildman–Crippen MR) is 80.2 cm³/mol. The van der Waals surface area contributed by atoms with Gasteiger partial charge in [-0.25, -0.2) is 0 Å². The van der Waals surface area contributed by atoms with Gasteiger partial charge < -0.3 is 10.6 Å². The van der Waals surface area contributed by atoms with Crippen LogP contribution >= 0.6 is 0 Å². The predicted octanol–water partition coefficient (Wildman–Crippen LogP) is 1.63. The maximum atomic E-state index is 12.3. The van der Waals surface area contributed by atoms with E-state index in [1.165, 1.54) is 11.8 Å². The van der Waals surface area contributed by atoms with Crippen LogP contribution in [0.5, 0.6) is 0 Å². The van der Waals surface area contributed by atoms with Gasteiger partial charge in [0, 0.05) is 7.05 Å². The number of nitrogens with two attached hydrogens (primary N) is 1. The molecular formula is C16H24N2O2. The van der Waals surface area contributed by atoms with Gasteiger partial charge in [-0.15, -0.1) is 0 Å². The molecule has 0 aromatic heterocycles. The number of amides is 1. The third kappa shape index (κ3) is 4.17. The Balaban J connectivity index is 2.86. The molecule has 0 radical (unpaired) electrons. The number of carbonyl (C=O) groups is 2. The van der Waals surface area contributed by atoms with Crippen molar-refractivity contribution in [2.45, 2.75) is 39.3 Å². The molecule has 0 saturated heterocycles. The van der Waals surface area contributed by atoms with Crippen LogP contribution in [0.15, 0.2) is 30.3 Å². The van der Waals surface area contributed by atoms with Crippen LogP contribution in [0.25, 0.3) is 0 Å². The first-order valence-electron chi connectivity index (χ1n) is 6.91. The molecule has 4 nitrogen and oxygen atoms in total. The highest BCUT2D eigenvalue weighted by atomic mass is 16.2. The molecular weight excluding hydrogens is 252 g/mol. The van der Waals surface area contributed by atoms with Crippen molar-refractivity contribution < 1.29 is 9.59 Å². The second-order valence-corrected chi connectivity index (χ2v) is 5.54. The van der Waals surface area contributed by atoms with Crippen LogP contribution < -0.4 is 5.73 Å². The Kier molecular flexibility index (Phi) is 5.89. The van der Waals surface area contributed by atoms with E-state index in [1.807, 2.05) is 44.2 Å². The van der Waals surface area contributed by atoms with Gasteiger partial charge >= 0.3 is 0 Å². The van der Waals surface area contributed by atoms with Crippen molar-refractivity contribution >= 4 is 11.7 Å². The fraction of sp³-hybridized carbons (Fsp3) is 0.500. The summed E-state index contributed by atoms with van der Waals surface area (Å²) in [5.74, 6) is -0.161. The van der Waals surface area contributed by atoms with Crippen LogP contribution in [0.1, 0.15) is 26.3 Å². The second-order valence-electron chi connectivity index (χ2n) is 5.54. The molecule has 1 aromatic rings. The second kappa shape index (κ2) is 7.20. The monoisotopic (exact) mass is 276 g/mol. The number of Topliss-reactive ketones (excluding diaryl/α,β-unsaturated/α-hetero) is 1. The lowest BCUT2D eigenvalue weighted by molar-refractivity contribution is -0.139. The van der Waals surface area contributed by atoms with E-state index in [9.17, 15) is 9.59 Å². The third-order valence-corrected chi connectivity index (χ3v) is 3.56. The van der Waals surface area contributed by atoms with Gasteiger partial charge in [0.05, 0.1) is 12.1 Å². The Hall–Kier alpha value is -1.68. The number of carbonyl (C=O) groups excluding carboxylic acids is 2. The molecule has 0 unspecified atom stereocenters. The highest BCUT2D eigenvalue weighted by Gasteiger charge is 2.28. The van der Waals surface area contributed by atoms with Crippen molar-refractivity contribution in [1.82, 2.24) is 4.90 Å². The number of benzene rings is 1. The van der Waals surface area contributed by atoms with Crippen LogP contribution in [0.2, 0.25) is 0 Å². The smallest absolute Gasteiger partial charge is 0.240 e. The maximum absolute atomic E-state index is 12.3. The molecule has 20 heavy (non-hydrogen) atoms. The van der Waals surface area contributed by atoms with Gasteiger partial charge in [0.15, 0.2) is 5.78 Å². The van der Waals surface area contributed by atoms with Gasteiger partial charge in [0.2, 0.25) is 5.91 Å². The lowest BCUT2D eigenvalue weighted by Gasteiger charge is -2.29. The number of nitrogens with zero attached hydrogens (tertiary/aromatic N) is 1. The summed E-state index contributed by atoms with van der Waals surface area (Å²) in [4.78, 5) is 25.6. The van der Waals surface area contributed by atoms with Crippen molar-refractivity contribution in [2.24, 2.45) is 11.7 Å². The van der Waals surface area contributed by atoms with Crippen molar-refractivity contribution in [3.8, 4) is 0 Å². The van der Waals surface area contributed by atoms with Crippen molar-refractivity contribution in [1.29, 1.82) is 0 Å². The topological polar surface area (TPSA) is 63.4 Å². The zero-order valence-electron chi connectivity index (χ0n) is 12.7. The molecule has 110 valence electrons. The SMILES string of the molecule is CC(=O)[C@H](Cc1ccccc1)N(C)C(=O)[C@@H](N)C(C)C. The number of ketones is 1. The van der Waals surface area contributed by atoms with Gasteiger partial charge in [-0.3, -0.25) is 9.59 Å². The first kappa shape index (κ1) is 16.4. The highest BCUT2D eigenvalue weighted by Crippen LogP contribution is 2.12. The van der Waals surface area contributed by atoms with Crippen LogP contribution in [0, 0.1) is 5.92 Å². The number of hydrogen-bond donors (Lipinski definition) is 1. The van der Waals surface area contributed by atoms with E-state index in [0.29, 0.717) is 6.42 Å². The highest BCUT2D eigenvalue weighted by molar-refractivity contribution is 5.89. The Morgan fingerprint density at radius 2 is 1.75 bits per heavy atom. The van der Waals surface area contributed by atoms with E-state index in [1.54, 1.807) is 7.05 Å². The summed E-state index contributed by atoms with van der Waals surface area (Å²) in [6, 6.07) is 8.65. The molecule has 1 amide bonds. The maximum Gasteiger partial charge on any atom is 0.240 e. The molecule has 4 heteroatoms. The first-order chi connectivity index (χ1) is 9.34. The summed E-state index contributed by atoms with van der Waals surface area (Å²) >= 11 is 0. The van der Waals surface area contributed by atoms with E-state index >= 15 is 0 Å². The lowest BCUT2D eigenvalue weighted by atomic mass is 9.99. The molecule has 0 heterocycles. The van der Waals surface area contributed by atoms with Crippen molar-refractivity contribution in [3.05, 3.63) is 35.9 Å². The standard InChI is InChI=1S/C16H24N2O2/c1-11(2)15(17)16(20)18(4)14(12(3)19)10-13-8-6-5-7-9-13/h5-9,11,14-15H,10,17H2,1-4H3/t14-,15-/m0/s1. The van der Waals surface area contributed by atoms with Crippen LogP contribution in [0.3, 0.4) is 0 Å². The van der Waals surface area contributed by atoms with Gasteiger partial charge in [-0.1, -0.05) is 44.2 Å². The van der Waals surface area contributed by atoms with Crippen LogP contribution in [0.4, 0.5) is 0 Å². The summed E-state index contributed by atoms with van der Waals surface area (Å²) in [6.45, 7) is 5.31. The molecule has 1 rings (SSSR count). The normalized spacial score (nSPS) is 13.9. The first-order valence-corrected chi connectivity index (χ1v) is 6.91. The summed E-state index contributed by atoms with van der Waals surface area (Å²) in [5.41, 5.74) is 6.92. The van der Waals surface area contributed by atoms with Gasteiger partial charge in [-0.05, 0) is 24.8 Å². The lowest BCUT2D eigenvalue weighted by Crippen LogP contribution is -2.51. The minimum atomic E-state index is -0.572. The Morgan fingerprint density at radius 1 is 1.20 bits per heavy atom. The number of hydrogen-bond acceptors (Lipinski definition) is 3. The summed E-state index contributed by atoms with van der Waals surface area (Å²) < 4.78 is 0. The molecule has 2 N–H and O–H groups in total. The minimum absolute atomic E-state index is 0.0272. The van der Waals surface area contributed by atoms with Gasteiger partial charge in [-0.2, -0.15) is 0 Å². The Bertz CT molecular complexity index is 457. The quantitative estimate of drug-likeness (QED) is 0.859. The van der Waals surface area contributed by atoms with Crippen LogP contribution in [-0.4, -0.2) is 35.7 Å². The molecule has 0 fully saturated rings. The fourth-order valence-corrected chi connectivity index (χ4v) is 2.06. The van der Waals surface area contributed by atoms with E-state index in [2.05, 4.69) is 0 Å². The van der Waals surface area contributed by atoms with Crippen molar-refractivity contribution in [2.75, 3.05) is 7.05 Å². The molecule has 0 aliphatic heterocycles. The third-order valence-electron chi connectivity index (χ3n) is 3.56. The zero-order chi connectivity index (χ0) is 15.3. The fourth-order valence-electron chi connectivity index (χ4n) is 2.06. The van der Waals surface area contributed by atoms with Crippen LogP contribution in [-0.2, 0) is 16.0 Å². The molecule has 0 aliphatic carbocycles. The molecule has 0 aliphatic rings. The van der Waals surface area contributed by atoms with E-state index in [0.717, 1.165) is 5.56 Å². The largest absolute Gasteiger partial charge is 0.334 e. The molecule has 0 bridgehead atoms. The number of likely N-dealkylation sites (N-methyl/N-ethyl adjacent to an activating group) is 1. The van der Waals surface area contributed by atoms with E-state index < -0.39 is 12.1 Å². The van der Waals surface area contributed by atoms with Crippen molar-refractivity contribution in [3.63, 3.8) is 0 Å². The minimum Gasteiger partial charge on any atom is -0.334 e. The zero-order valence-corrected chi connectivity index (χ0v) is 12.7. The molecule has 0 saturated carbocycles. The van der Waals surface area contributed by atoms with E-state index in [4.69, 9.17) is 5.73 Å². The van der Waals surface area contributed by atoms with E-state index in [-0.39, 0.29) is 17.6 Å². The summed E-state index contributed by atoms with van der Waals surface area (Å²) in [6.07, 6.45) is 0.517. The summed E-state index contributed by atoms with van der Waals surface area (Å²) in [5, 5.41) is 0. The number of rotatable bonds is 6. The molecule has 1 aromatic carbocycles. The summed E-state index contributed by atoms with van der Waals surface area (Å²) in [7, 11) is 1.65. The van der Waals surface area contributed by atoms with Gasteiger partial charge in [0.1, 0.15) is 0 Å². The molecule has 2 atom stereocenters. The Morgan fingerprint density at radius 3 is 2.20 bits per heavy atom. The average Bonchev–Trinajstić information content (AvgIpc) is 2.43. The Labute approximate surface area is 121 Å². The molecule has 0 spiro atoms.